The summed E-state index contributed by atoms with van der Waals surface area (Å²) in [5, 5.41) is 8.66. The van der Waals surface area contributed by atoms with Crippen molar-refractivity contribution in [1.29, 1.82) is 0 Å². The zero-order chi connectivity index (χ0) is 13.4. The Balaban J connectivity index is 3.49. The predicted octanol–water partition coefficient (Wildman–Crippen LogP) is 2.80. The lowest BCUT2D eigenvalue weighted by atomic mass is 10.0. The van der Waals surface area contributed by atoms with Gasteiger partial charge >= 0.3 is 12.4 Å². The molecule has 0 spiro atoms. The van der Waals surface area contributed by atoms with Crippen molar-refractivity contribution in [2.45, 2.75) is 19.0 Å². The summed E-state index contributed by atoms with van der Waals surface area (Å²) in [6.07, 6.45) is -9.95. The first kappa shape index (κ1) is 13.6. The molecule has 0 aliphatic carbocycles. The second kappa shape index (κ2) is 4.10. The van der Waals surface area contributed by atoms with Gasteiger partial charge in [-0.3, -0.25) is 0 Å². The SMILES string of the molecule is Nc1cc(CO)c(C(F)(F)F)cc1C(F)(F)F. The van der Waals surface area contributed by atoms with Gasteiger partial charge in [0.2, 0.25) is 0 Å². The molecule has 0 saturated heterocycles. The van der Waals surface area contributed by atoms with Crippen molar-refractivity contribution < 1.29 is 31.4 Å². The first-order valence-electron chi connectivity index (χ1n) is 4.25. The summed E-state index contributed by atoms with van der Waals surface area (Å²) < 4.78 is 74.3. The number of rotatable bonds is 1. The molecule has 0 aromatic heterocycles. The number of hydrogen-bond donors (Lipinski definition) is 2. The molecule has 1 aromatic rings. The standard InChI is InChI=1S/C9H7F6NO/c10-8(11,12)5-2-6(9(13,14)15)7(16)1-4(5)3-17/h1-2,17H,3,16H2. The minimum absolute atomic E-state index is 0.0963. The quantitative estimate of drug-likeness (QED) is 0.601. The van der Waals surface area contributed by atoms with Gasteiger partial charge in [0.1, 0.15) is 0 Å². The third kappa shape index (κ3) is 2.82. The van der Waals surface area contributed by atoms with E-state index >= 15 is 0 Å². The summed E-state index contributed by atoms with van der Waals surface area (Å²) in [5.41, 5.74) is 0.345. The van der Waals surface area contributed by atoms with E-state index in [0.717, 1.165) is 0 Å². The van der Waals surface area contributed by atoms with Gasteiger partial charge in [0.25, 0.3) is 0 Å². The van der Waals surface area contributed by atoms with Crippen LogP contribution in [0.4, 0.5) is 32.0 Å². The Morgan fingerprint density at radius 1 is 0.941 bits per heavy atom. The molecule has 0 bridgehead atoms. The van der Waals surface area contributed by atoms with Crippen LogP contribution in [0.15, 0.2) is 12.1 Å². The van der Waals surface area contributed by atoms with Gasteiger partial charge in [-0.15, -0.1) is 0 Å². The summed E-state index contributed by atoms with van der Waals surface area (Å²) in [4.78, 5) is 0. The van der Waals surface area contributed by atoms with Gasteiger partial charge in [0.05, 0.1) is 17.7 Å². The van der Waals surface area contributed by atoms with Crippen LogP contribution in [0, 0.1) is 0 Å². The van der Waals surface area contributed by atoms with Crippen molar-refractivity contribution in [3.8, 4) is 0 Å². The van der Waals surface area contributed by atoms with Gasteiger partial charge in [0, 0.05) is 5.69 Å². The van der Waals surface area contributed by atoms with Crippen molar-refractivity contribution in [2.24, 2.45) is 0 Å². The van der Waals surface area contributed by atoms with Crippen molar-refractivity contribution in [1.82, 2.24) is 0 Å². The van der Waals surface area contributed by atoms with Crippen LogP contribution in [-0.2, 0) is 19.0 Å². The fourth-order valence-corrected chi connectivity index (χ4v) is 1.30. The first-order chi connectivity index (χ1) is 7.57. The van der Waals surface area contributed by atoms with Gasteiger partial charge < -0.3 is 10.8 Å². The summed E-state index contributed by atoms with van der Waals surface area (Å²) in [5.74, 6) is 0. The second-order valence-corrected chi connectivity index (χ2v) is 3.25. The molecule has 0 aliphatic heterocycles. The number of halogens is 6. The molecule has 0 aliphatic rings. The number of nitrogens with two attached hydrogens (primary N) is 1. The Kier molecular flexibility index (Phi) is 3.28. The molecule has 8 heteroatoms. The van der Waals surface area contributed by atoms with Gasteiger partial charge in [-0.2, -0.15) is 26.3 Å². The van der Waals surface area contributed by atoms with E-state index in [0.29, 0.717) is 6.07 Å². The maximum Gasteiger partial charge on any atom is 0.418 e. The van der Waals surface area contributed by atoms with E-state index in [1.807, 2.05) is 0 Å². The van der Waals surface area contributed by atoms with Crippen LogP contribution in [-0.4, -0.2) is 5.11 Å². The normalized spacial score (nSPS) is 12.9. The van der Waals surface area contributed by atoms with Crippen LogP contribution < -0.4 is 5.73 Å². The number of alkyl halides is 6. The van der Waals surface area contributed by atoms with Crippen molar-refractivity contribution in [2.75, 3.05) is 5.73 Å². The van der Waals surface area contributed by atoms with E-state index in [1.165, 1.54) is 0 Å². The molecule has 0 fully saturated rings. The molecule has 3 N–H and O–H groups in total. The molecule has 0 amide bonds. The van der Waals surface area contributed by atoms with E-state index in [-0.39, 0.29) is 6.07 Å². The molecule has 0 atom stereocenters. The Morgan fingerprint density at radius 2 is 1.41 bits per heavy atom. The molecule has 2 nitrogen and oxygen atoms in total. The lowest BCUT2D eigenvalue weighted by molar-refractivity contribution is -0.143. The second-order valence-electron chi connectivity index (χ2n) is 3.25. The third-order valence-corrected chi connectivity index (χ3v) is 2.06. The molecule has 17 heavy (non-hydrogen) atoms. The predicted molar refractivity (Wildman–Crippen MR) is 46.8 cm³/mol. The summed E-state index contributed by atoms with van der Waals surface area (Å²) in [7, 11) is 0. The van der Waals surface area contributed by atoms with Crippen molar-refractivity contribution in [3.05, 3.63) is 28.8 Å². The fraction of sp³-hybridized carbons (Fsp3) is 0.333. The molecule has 0 heterocycles. The van der Waals surface area contributed by atoms with Gasteiger partial charge in [-0.25, -0.2) is 0 Å². The number of anilines is 1. The van der Waals surface area contributed by atoms with E-state index in [4.69, 9.17) is 10.8 Å². The van der Waals surface area contributed by atoms with E-state index in [1.54, 1.807) is 0 Å². The molecular weight excluding hydrogens is 252 g/mol. The highest BCUT2D eigenvalue weighted by molar-refractivity contribution is 5.54. The minimum atomic E-state index is -4.98. The number of hydrogen-bond acceptors (Lipinski definition) is 2. The topological polar surface area (TPSA) is 46.2 Å². The van der Waals surface area contributed by atoms with Crippen molar-refractivity contribution in [3.63, 3.8) is 0 Å². The third-order valence-electron chi connectivity index (χ3n) is 2.06. The van der Waals surface area contributed by atoms with E-state index in [9.17, 15) is 26.3 Å². The molecule has 0 radical (unpaired) electrons. The lowest BCUT2D eigenvalue weighted by Crippen LogP contribution is -2.15. The fourth-order valence-electron chi connectivity index (χ4n) is 1.30. The molecule has 0 unspecified atom stereocenters. The molecular formula is C9H7F6NO. The molecule has 0 saturated carbocycles. The summed E-state index contributed by atoms with van der Waals surface area (Å²) >= 11 is 0. The maximum absolute atomic E-state index is 12.4. The molecule has 1 aromatic carbocycles. The Morgan fingerprint density at radius 3 is 1.76 bits per heavy atom. The van der Waals surface area contributed by atoms with Crippen LogP contribution in [0.5, 0.6) is 0 Å². The summed E-state index contributed by atoms with van der Waals surface area (Å²) in [6, 6.07) is 0.381. The van der Waals surface area contributed by atoms with E-state index < -0.39 is 41.3 Å². The van der Waals surface area contributed by atoms with Gasteiger partial charge in [0.15, 0.2) is 0 Å². The Bertz CT molecular complexity index is 423. The highest BCUT2D eigenvalue weighted by Crippen LogP contribution is 2.40. The lowest BCUT2D eigenvalue weighted by Gasteiger charge is -2.16. The number of nitrogen functional groups attached to an aromatic ring is 1. The maximum atomic E-state index is 12.4. The van der Waals surface area contributed by atoms with Crippen LogP contribution in [0.25, 0.3) is 0 Å². The van der Waals surface area contributed by atoms with Crippen molar-refractivity contribution >= 4 is 5.69 Å². The highest BCUT2D eigenvalue weighted by atomic mass is 19.4. The monoisotopic (exact) mass is 259 g/mol. The van der Waals surface area contributed by atoms with Crippen LogP contribution in [0.3, 0.4) is 0 Å². The first-order valence-corrected chi connectivity index (χ1v) is 4.25. The molecule has 1 rings (SSSR count). The van der Waals surface area contributed by atoms with Crippen LogP contribution >= 0.6 is 0 Å². The Hall–Kier alpha value is -1.44. The van der Waals surface area contributed by atoms with Crippen LogP contribution in [0.2, 0.25) is 0 Å². The minimum Gasteiger partial charge on any atom is -0.398 e. The van der Waals surface area contributed by atoms with Gasteiger partial charge in [-0.1, -0.05) is 0 Å². The average molecular weight is 259 g/mol. The van der Waals surface area contributed by atoms with E-state index in [2.05, 4.69) is 0 Å². The smallest absolute Gasteiger partial charge is 0.398 e. The number of aliphatic hydroxyl groups excluding tert-OH is 1. The number of aliphatic hydroxyl groups is 1. The average Bonchev–Trinajstić information content (AvgIpc) is 2.13. The zero-order valence-corrected chi connectivity index (χ0v) is 8.15. The zero-order valence-electron chi connectivity index (χ0n) is 8.15. The molecule has 96 valence electrons. The Labute approximate surface area is 91.7 Å². The number of benzene rings is 1. The van der Waals surface area contributed by atoms with Crippen LogP contribution in [0.1, 0.15) is 16.7 Å². The highest BCUT2D eigenvalue weighted by Gasteiger charge is 2.39. The van der Waals surface area contributed by atoms with Gasteiger partial charge in [-0.05, 0) is 17.7 Å². The largest absolute Gasteiger partial charge is 0.418 e. The summed E-state index contributed by atoms with van der Waals surface area (Å²) in [6.45, 7) is -1.04.